The smallest absolute Gasteiger partial charge is 0.345 e. The molecule has 0 radical (unpaired) electrons. The van der Waals surface area contributed by atoms with E-state index in [0.717, 1.165) is 12.0 Å². The summed E-state index contributed by atoms with van der Waals surface area (Å²) in [5.41, 5.74) is 2.17. The molecule has 0 fully saturated rings. The van der Waals surface area contributed by atoms with E-state index >= 15 is 0 Å². The van der Waals surface area contributed by atoms with Crippen LogP contribution in [0.5, 0.6) is 11.5 Å². The van der Waals surface area contributed by atoms with Crippen molar-refractivity contribution in [3.8, 4) is 11.5 Å². The number of benzene rings is 2. The van der Waals surface area contributed by atoms with E-state index < -0.39 is 12.1 Å². The Hall–Kier alpha value is -2.49. The van der Waals surface area contributed by atoms with Gasteiger partial charge < -0.3 is 14.6 Å². The van der Waals surface area contributed by atoms with Crippen molar-refractivity contribution < 1.29 is 19.4 Å². The van der Waals surface area contributed by atoms with Crippen LogP contribution < -0.4 is 9.47 Å². The van der Waals surface area contributed by atoms with Gasteiger partial charge in [0.15, 0.2) is 6.10 Å². The van der Waals surface area contributed by atoms with Gasteiger partial charge in [-0.2, -0.15) is 0 Å². The van der Waals surface area contributed by atoms with E-state index in [1.807, 2.05) is 24.3 Å². The van der Waals surface area contributed by atoms with E-state index in [1.165, 1.54) is 5.56 Å². The average molecular weight is 300 g/mol. The highest BCUT2D eigenvalue weighted by atomic mass is 16.5. The molecule has 0 aliphatic rings. The molecule has 0 saturated carbocycles. The number of ether oxygens (including phenoxy) is 2. The summed E-state index contributed by atoms with van der Waals surface area (Å²) in [4.78, 5) is 11.4. The fourth-order valence-electron chi connectivity index (χ4n) is 2.12. The molecular formula is C18H20O4. The summed E-state index contributed by atoms with van der Waals surface area (Å²) in [6.07, 6.45) is 0.372. The Labute approximate surface area is 130 Å². The lowest BCUT2D eigenvalue weighted by Crippen LogP contribution is -2.29. The standard InChI is InChI=1S/C18H20O4/c1-3-13-4-6-14(7-5-13)12-17(18(19)20)22-16-10-8-15(21-2)9-11-16/h4-11,17H,3,12H2,1-2H3,(H,19,20)/t17-/m0/s1. The maximum atomic E-state index is 11.4. The Balaban J connectivity index is 2.06. The highest BCUT2D eigenvalue weighted by molar-refractivity contribution is 5.73. The molecule has 4 nitrogen and oxygen atoms in total. The van der Waals surface area contributed by atoms with Gasteiger partial charge in [-0.15, -0.1) is 0 Å². The van der Waals surface area contributed by atoms with Gasteiger partial charge in [0.25, 0.3) is 0 Å². The zero-order valence-electron chi connectivity index (χ0n) is 12.8. The van der Waals surface area contributed by atoms with Crippen LogP contribution in [0.1, 0.15) is 18.1 Å². The van der Waals surface area contributed by atoms with Gasteiger partial charge in [0.05, 0.1) is 7.11 Å². The molecule has 0 aliphatic heterocycles. The summed E-state index contributed by atoms with van der Waals surface area (Å²) in [6.45, 7) is 2.09. The predicted octanol–water partition coefficient (Wildman–Crippen LogP) is 3.33. The Morgan fingerprint density at radius 3 is 2.05 bits per heavy atom. The molecule has 22 heavy (non-hydrogen) atoms. The van der Waals surface area contributed by atoms with E-state index in [0.29, 0.717) is 17.9 Å². The van der Waals surface area contributed by atoms with Crippen LogP contribution in [-0.2, 0) is 17.6 Å². The van der Waals surface area contributed by atoms with Gasteiger partial charge in [0, 0.05) is 6.42 Å². The number of carboxylic acid groups (broad SMARTS) is 1. The quantitative estimate of drug-likeness (QED) is 0.852. The van der Waals surface area contributed by atoms with E-state index in [2.05, 4.69) is 6.92 Å². The van der Waals surface area contributed by atoms with Gasteiger partial charge in [-0.1, -0.05) is 31.2 Å². The molecule has 4 heteroatoms. The second-order valence-corrected chi connectivity index (χ2v) is 4.99. The van der Waals surface area contributed by atoms with Crippen LogP contribution in [0.2, 0.25) is 0 Å². The van der Waals surface area contributed by atoms with Gasteiger partial charge in [0.1, 0.15) is 11.5 Å². The second kappa shape index (κ2) is 7.50. The minimum atomic E-state index is -0.976. The normalized spacial score (nSPS) is 11.7. The molecule has 0 aromatic heterocycles. The molecule has 116 valence electrons. The summed E-state index contributed by atoms with van der Waals surface area (Å²) >= 11 is 0. The number of hydrogen-bond acceptors (Lipinski definition) is 3. The minimum Gasteiger partial charge on any atom is -0.497 e. The third-order valence-corrected chi connectivity index (χ3v) is 3.47. The van der Waals surface area contributed by atoms with Crippen molar-refractivity contribution in [2.45, 2.75) is 25.9 Å². The van der Waals surface area contributed by atoms with Gasteiger partial charge >= 0.3 is 5.97 Å². The number of carbonyl (C=O) groups is 1. The van der Waals surface area contributed by atoms with Crippen LogP contribution in [0.4, 0.5) is 0 Å². The second-order valence-electron chi connectivity index (χ2n) is 4.99. The van der Waals surface area contributed by atoms with Crippen LogP contribution in [-0.4, -0.2) is 24.3 Å². The van der Waals surface area contributed by atoms with Crippen molar-refractivity contribution in [3.63, 3.8) is 0 Å². The van der Waals surface area contributed by atoms with E-state index in [1.54, 1.807) is 31.4 Å². The number of aryl methyl sites for hydroxylation is 1. The highest BCUT2D eigenvalue weighted by Crippen LogP contribution is 2.19. The lowest BCUT2D eigenvalue weighted by atomic mass is 10.0. The molecule has 0 aliphatic carbocycles. The maximum Gasteiger partial charge on any atom is 0.345 e. The van der Waals surface area contributed by atoms with Crippen molar-refractivity contribution >= 4 is 5.97 Å². The SMILES string of the molecule is CCc1ccc(C[C@H](Oc2ccc(OC)cc2)C(=O)O)cc1. The molecule has 0 amide bonds. The van der Waals surface area contributed by atoms with E-state index in [9.17, 15) is 9.90 Å². The van der Waals surface area contributed by atoms with Crippen LogP contribution in [0.3, 0.4) is 0 Å². The topological polar surface area (TPSA) is 55.8 Å². The minimum absolute atomic E-state index is 0.325. The molecule has 0 bridgehead atoms. The van der Waals surface area contributed by atoms with Crippen LogP contribution >= 0.6 is 0 Å². The number of rotatable bonds is 7. The van der Waals surface area contributed by atoms with Gasteiger partial charge in [-0.05, 0) is 41.8 Å². The van der Waals surface area contributed by atoms with Crippen molar-refractivity contribution in [1.82, 2.24) is 0 Å². The third kappa shape index (κ3) is 4.25. The van der Waals surface area contributed by atoms with E-state index in [-0.39, 0.29) is 0 Å². The third-order valence-electron chi connectivity index (χ3n) is 3.47. The van der Waals surface area contributed by atoms with E-state index in [4.69, 9.17) is 9.47 Å². The molecule has 2 rings (SSSR count). The largest absolute Gasteiger partial charge is 0.497 e. The van der Waals surface area contributed by atoms with Crippen molar-refractivity contribution in [3.05, 3.63) is 59.7 Å². The van der Waals surface area contributed by atoms with Gasteiger partial charge in [0.2, 0.25) is 0 Å². The van der Waals surface area contributed by atoms with Gasteiger partial charge in [-0.25, -0.2) is 4.79 Å². The number of hydrogen-bond donors (Lipinski definition) is 1. The molecule has 0 spiro atoms. The summed E-state index contributed by atoms with van der Waals surface area (Å²) in [7, 11) is 1.58. The maximum absolute atomic E-state index is 11.4. The number of methoxy groups -OCH3 is 1. The summed E-state index contributed by atoms with van der Waals surface area (Å²) in [5.74, 6) is 0.239. The van der Waals surface area contributed by atoms with Crippen molar-refractivity contribution in [2.24, 2.45) is 0 Å². The van der Waals surface area contributed by atoms with Crippen LogP contribution in [0, 0.1) is 0 Å². The average Bonchev–Trinajstić information content (AvgIpc) is 2.55. The zero-order chi connectivity index (χ0) is 15.9. The molecule has 0 saturated heterocycles. The zero-order valence-corrected chi connectivity index (χ0v) is 12.8. The Bertz CT molecular complexity index is 552. The highest BCUT2D eigenvalue weighted by Gasteiger charge is 2.20. The molecule has 2 aromatic rings. The summed E-state index contributed by atoms with van der Waals surface area (Å²) in [6, 6.07) is 14.8. The molecule has 1 N–H and O–H groups in total. The first kappa shape index (κ1) is 15.9. The van der Waals surface area contributed by atoms with Gasteiger partial charge in [-0.3, -0.25) is 0 Å². The predicted molar refractivity (Wildman–Crippen MR) is 84.6 cm³/mol. The number of carboxylic acids is 1. The lowest BCUT2D eigenvalue weighted by Gasteiger charge is -2.15. The Morgan fingerprint density at radius 1 is 1.00 bits per heavy atom. The van der Waals surface area contributed by atoms with Crippen LogP contribution in [0.25, 0.3) is 0 Å². The fourth-order valence-corrected chi connectivity index (χ4v) is 2.12. The molecule has 0 heterocycles. The fraction of sp³-hybridized carbons (Fsp3) is 0.278. The molecule has 2 aromatic carbocycles. The monoisotopic (exact) mass is 300 g/mol. The lowest BCUT2D eigenvalue weighted by molar-refractivity contribution is -0.145. The Kier molecular flexibility index (Phi) is 5.42. The van der Waals surface area contributed by atoms with Crippen molar-refractivity contribution in [2.75, 3.05) is 7.11 Å². The first-order chi connectivity index (χ1) is 10.6. The number of aliphatic carboxylic acids is 1. The van der Waals surface area contributed by atoms with Crippen LogP contribution in [0.15, 0.2) is 48.5 Å². The first-order valence-corrected chi connectivity index (χ1v) is 7.23. The molecular weight excluding hydrogens is 280 g/mol. The Morgan fingerprint density at radius 2 is 1.55 bits per heavy atom. The summed E-state index contributed by atoms with van der Waals surface area (Å²) < 4.78 is 10.6. The first-order valence-electron chi connectivity index (χ1n) is 7.23. The molecule has 0 unspecified atom stereocenters. The summed E-state index contributed by atoms with van der Waals surface area (Å²) in [5, 5.41) is 9.35. The van der Waals surface area contributed by atoms with Crippen molar-refractivity contribution in [1.29, 1.82) is 0 Å². The molecule has 1 atom stereocenters.